The number of nitrogens with zero attached hydrogens (tertiary/aromatic N) is 1. The second-order valence-electron chi connectivity index (χ2n) is 5.94. The van der Waals surface area contributed by atoms with Gasteiger partial charge in [-0.25, -0.2) is 4.98 Å². The summed E-state index contributed by atoms with van der Waals surface area (Å²) in [6.07, 6.45) is 0.870. The van der Waals surface area contributed by atoms with Crippen LogP contribution in [0.25, 0.3) is 10.9 Å². The van der Waals surface area contributed by atoms with Crippen LogP contribution >= 0.6 is 11.8 Å². The van der Waals surface area contributed by atoms with Crippen LogP contribution in [-0.2, 0) is 11.2 Å². The van der Waals surface area contributed by atoms with Crippen LogP contribution in [0.4, 0.5) is 5.69 Å². The van der Waals surface area contributed by atoms with E-state index in [-0.39, 0.29) is 11.7 Å². The number of aromatic nitrogens is 1. The predicted octanol–water partition coefficient (Wildman–Crippen LogP) is 4.55. The molecule has 0 unspecified atom stereocenters. The van der Waals surface area contributed by atoms with E-state index in [1.807, 2.05) is 18.2 Å². The summed E-state index contributed by atoms with van der Waals surface area (Å²) in [5.74, 6) is 1.42. The zero-order valence-corrected chi connectivity index (χ0v) is 16.4. The normalized spacial score (nSPS) is 10.6. The summed E-state index contributed by atoms with van der Waals surface area (Å²) >= 11 is 1.45. The fraction of sp³-hybridized carbons (Fsp3) is 0.238. The number of pyridine rings is 1. The maximum absolute atomic E-state index is 12.4. The number of rotatable bonds is 7. The standard InChI is InChI=1S/C21H22N2O3S/c1-4-14-9-15-7-5-6-8-19(15)23-21(14)27-13-20(24)22-16-10-17(25-2)12-18(11-16)26-3/h5-12H,4,13H2,1-3H3,(H,22,24). The van der Waals surface area contributed by atoms with Crippen LogP contribution in [0.3, 0.4) is 0 Å². The lowest BCUT2D eigenvalue weighted by atomic mass is 10.1. The second-order valence-corrected chi connectivity index (χ2v) is 6.90. The molecule has 0 saturated carbocycles. The molecule has 0 radical (unpaired) electrons. The Hall–Kier alpha value is -2.73. The van der Waals surface area contributed by atoms with Gasteiger partial charge in [0.15, 0.2) is 0 Å². The summed E-state index contributed by atoms with van der Waals surface area (Å²) < 4.78 is 10.5. The van der Waals surface area contributed by atoms with Crippen LogP contribution in [0.5, 0.6) is 11.5 Å². The molecule has 6 heteroatoms. The number of nitrogens with one attached hydrogen (secondary N) is 1. The summed E-state index contributed by atoms with van der Waals surface area (Å²) in [6, 6.07) is 15.4. The van der Waals surface area contributed by atoms with Gasteiger partial charge in [0.25, 0.3) is 0 Å². The summed E-state index contributed by atoms with van der Waals surface area (Å²) in [5.41, 5.74) is 2.73. The number of hydrogen-bond donors (Lipinski definition) is 1. The van der Waals surface area contributed by atoms with Crippen molar-refractivity contribution >= 4 is 34.3 Å². The average Bonchev–Trinajstić information content (AvgIpc) is 2.71. The number of carbonyl (C=O) groups excluding carboxylic acids is 1. The Bertz CT molecular complexity index is 937. The van der Waals surface area contributed by atoms with E-state index in [1.54, 1.807) is 32.4 Å². The molecule has 1 N–H and O–H groups in total. The van der Waals surface area contributed by atoms with Crippen molar-refractivity contribution in [3.05, 3.63) is 54.1 Å². The van der Waals surface area contributed by atoms with Gasteiger partial charge in [-0.15, -0.1) is 0 Å². The monoisotopic (exact) mass is 382 g/mol. The van der Waals surface area contributed by atoms with E-state index in [4.69, 9.17) is 14.5 Å². The summed E-state index contributed by atoms with van der Waals surface area (Å²) in [5, 5.41) is 4.90. The fourth-order valence-electron chi connectivity index (χ4n) is 2.73. The fourth-order valence-corrected chi connectivity index (χ4v) is 3.62. The van der Waals surface area contributed by atoms with E-state index >= 15 is 0 Å². The van der Waals surface area contributed by atoms with Crippen LogP contribution in [0, 0.1) is 0 Å². The molecule has 0 saturated heterocycles. The van der Waals surface area contributed by atoms with Gasteiger partial charge in [0.2, 0.25) is 5.91 Å². The Morgan fingerprint density at radius 1 is 1.07 bits per heavy atom. The Morgan fingerprint density at radius 2 is 1.78 bits per heavy atom. The number of benzene rings is 2. The number of hydrogen-bond acceptors (Lipinski definition) is 5. The van der Waals surface area contributed by atoms with Gasteiger partial charge >= 0.3 is 0 Å². The molecule has 2 aromatic carbocycles. The van der Waals surface area contributed by atoms with E-state index in [0.717, 1.165) is 27.9 Å². The molecule has 1 amide bonds. The molecule has 1 aromatic heterocycles. The molecule has 3 rings (SSSR count). The molecule has 27 heavy (non-hydrogen) atoms. The van der Waals surface area contributed by atoms with E-state index in [1.165, 1.54) is 11.8 Å². The van der Waals surface area contributed by atoms with Crippen molar-refractivity contribution < 1.29 is 14.3 Å². The second kappa shape index (κ2) is 8.77. The lowest BCUT2D eigenvalue weighted by Crippen LogP contribution is -2.14. The highest BCUT2D eigenvalue weighted by molar-refractivity contribution is 8.00. The van der Waals surface area contributed by atoms with Crippen molar-refractivity contribution in [2.24, 2.45) is 0 Å². The molecular weight excluding hydrogens is 360 g/mol. The minimum Gasteiger partial charge on any atom is -0.497 e. The highest BCUT2D eigenvalue weighted by Crippen LogP contribution is 2.28. The molecule has 0 atom stereocenters. The molecule has 0 aliphatic carbocycles. The Morgan fingerprint density at radius 3 is 2.44 bits per heavy atom. The molecule has 0 aliphatic heterocycles. The third kappa shape index (κ3) is 4.71. The summed E-state index contributed by atoms with van der Waals surface area (Å²) in [4.78, 5) is 17.1. The molecule has 0 spiro atoms. The van der Waals surface area contributed by atoms with Gasteiger partial charge in [-0.05, 0) is 24.1 Å². The van der Waals surface area contributed by atoms with Gasteiger partial charge in [-0.3, -0.25) is 4.79 Å². The number of ether oxygens (including phenoxy) is 2. The molecule has 140 valence electrons. The number of methoxy groups -OCH3 is 2. The van der Waals surface area contributed by atoms with Crippen LogP contribution in [0.2, 0.25) is 0 Å². The first-order chi connectivity index (χ1) is 13.1. The smallest absolute Gasteiger partial charge is 0.234 e. The lowest BCUT2D eigenvalue weighted by Gasteiger charge is -2.11. The van der Waals surface area contributed by atoms with Crippen molar-refractivity contribution in [1.29, 1.82) is 0 Å². The van der Waals surface area contributed by atoms with E-state index in [0.29, 0.717) is 17.2 Å². The van der Waals surface area contributed by atoms with Gasteiger partial charge in [-0.2, -0.15) is 0 Å². The molecule has 0 aliphatic rings. The predicted molar refractivity (Wildman–Crippen MR) is 110 cm³/mol. The van der Waals surface area contributed by atoms with Crippen LogP contribution in [-0.4, -0.2) is 30.9 Å². The van der Waals surface area contributed by atoms with E-state index in [2.05, 4.69) is 24.4 Å². The molecular formula is C21H22N2O3S. The van der Waals surface area contributed by atoms with Crippen molar-refractivity contribution in [1.82, 2.24) is 4.98 Å². The topological polar surface area (TPSA) is 60.5 Å². The maximum Gasteiger partial charge on any atom is 0.234 e. The zero-order chi connectivity index (χ0) is 19.2. The van der Waals surface area contributed by atoms with Gasteiger partial charge in [-0.1, -0.05) is 36.9 Å². The van der Waals surface area contributed by atoms with Crippen LogP contribution in [0.15, 0.2) is 53.6 Å². The average molecular weight is 382 g/mol. The molecule has 5 nitrogen and oxygen atoms in total. The molecule has 1 heterocycles. The van der Waals surface area contributed by atoms with Crippen LogP contribution in [0.1, 0.15) is 12.5 Å². The van der Waals surface area contributed by atoms with Gasteiger partial charge in [0.1, 0.15) is 16.5 Å². The number of fused-ring (bicyclic) bond motifs is 1. The van der Waals surface area contributed by atoms with Crippen molar-refractivity contribution in [2.45, 2.75) is 18.4 Å². The maximum atomic E-state index is 12.4. The van der Waals surface area contributed by atoms with Gasteiger partial charge in [0.05, 0.1) is 25.5 Å². The number of anilines is 1. The minimum atomic E-state index is -0.104. The van der Waals surface area contributed by atoms with E-state index in [9.17, 15) is 4.79 Å². The SMILES string of the molecule is CCc1cc2ccccc2nc1SCC(=O)Nc1cc(OC)cc(OC)c1. The lowest BCUT2D eigenvalue weighted by molar-refractivity contribution is -0.113. The quantitative estimate of drug-likeness (QED) is 0.608. The highest BCUT2D eigenvalue weighted by Gasteiger charge is 2.11. The van der Waals surface area contributed by atoms with Gasteiger partial charge in [0, 0.05) is 29.3 Å². The molecule has 3 aromatic rings. The Labute approximate surface area is 163 Å². The van der Waals surface area contributed by atoms with Crippen molar-refractivity contribution in [3.63, 3.8) is 0 Å². The first-order valence-electron chi connectivity index (χ1n) is 8.67. The number of thioether (sulfide) groups is 1. The molecule has 0 bridgehead atoms. The Balaban J connectivity index is 1.71. The number of amides is 1. The third-order valence-corrected chi connectivity index (χ3v) is 5.15. The first kappa shape index (κ1) is 19.0. The number of aryl methyl sites for hydroxylation is 1. The highest BCUT2D eigenvalue weighted by atomic mass is 32.2. The minimum absolute atomic E-state index is 0.104. The first-order valence-corrected chi connectivity index (χ1v) is 9.66. The van der Waals surface area contributed by atoms with Crippen molar-refractivity contribution in [2.75, 3.05) is 25.3 Å². The third-order valence-electron chi connectivity index (χ3n) is 4.12. The van der Waals surface area contributed by atoms with E-state index < -0.39 is 0 Å². The zero-order valence-electron chi connectivity index (χ0n) is 15.6. The van der Waals surface area contributed by atoms with Crippen LogP contribution < -0.4 is 14.8 Å². The summed E-state index contributed by atoms with van der Waals surface area (Å²) in [6.45, 7) is 2.10. The number of para-hydroxylation sites is 1. The molecule has 0 fully saturated rings. The summed E-state index contributed by atoms with van der Waals surface area (Å²) in [7, 11) is 3.15. The number of carbonyl (C=O) groups is 1. The Kier molecular flexibility index (Phi) is 6.19. The largest absolute Gasteiger partial charge is 0.497 e. The van der Waals surface area contributed by atoms with Gasteiger partial charge < -0.3 is 14.8 Å². The van der Waals surface area contributed by atoms with Crippen molar-refractivity contribution in [3.8, 4) is 11.5 Å².